The van der Waals surface area contributed by atoms with E-state index in [0.717, 1.165) is 17.9 Å². The van der Waals surface area contributed by atoms with Crippen molar-refractivity contribution >= 4 is 17.4 Å². The summed E-state index contributed by atoms with van der Waals surface area (Å²) in [5.74, 6) is 2.03. The monoisotopic (exact) mass is 288 g/mol. The number of carbonyl (C=O) groups is 1. The summed E-state index contributed by atoms with van der Waals surface area (Å²) >= 11 is 0. The summed E-state index contributed by atoms with van der Waals surface area (Å²) in [5, 5.41) is 14.8. The molecule has 0 bridgehead atoms. The van der Waals surface area contributed by atoms with Crippen molar-refractivity contribution in [2.24, 2.45) is 0 Å². The number of piperidine rings is 1. The molecule has 0 spiro atoms. The van der Waals surface area contributed by atoms with Crippen molar-refractivity contribution in [3.8, 4) is 0 Å². The van der Waals surface area contributed by atoms with E-state index in [2.05, 4.69) is 39.7 Å². The zero-order valence-electron chi connectivity index (χ0n) is 12.5. The first-order valence-corrected chi connectivity index (χ1v) is 7.32. The second-order valence-corrected chi connectivity index (χ2v) is 5.83. The summed E-state index contributed by atoms with van der Waals surface area (Å²) in [6.45, 7) is 6.17. The molecule has 7 heteroatoms. The summed E-state index contributed by atoms with van der Waals surface area (Å²) in [6.07, 6.45) is 4.95. The Morgan fingerprint density at radius 2 is 2.24 bits per heavy atom. The fraction of sp³-hybridized carbons (Fsp3) is 0.571. The van der Waals surface area contributed by atoms with Gasteiger partial charge >= 0.3 is 0 Å². The molecule has 112 valence electrons. The third-order valence-electron chi connectivity index (χ3n) is 3.87. The summed E-state index contributed by atoms with van der Waals surface area (Å²) in [4.78, 5) is 15.8. The molecule has 2 atom stereocenters. The van der Waals surface area contributed by atoms with Crippen LogP contribution in [0.4, 0.5) is 5.82 Å². The number of amides is 1. The predicted molar refractivity (Wildman–Crippen MR) is 79.1 cm³/mol. The zero-order valence-corrected chi connectivity index (χ0v) is 12.5. The Balaban J connectivity index is 1.89. The molecule has 21 heavy (non-hydrogen) atoms. The molecular weight excluding hydrogens is 268 g/mol. The van der Waals surface area contributed by atoms with Crippen LogP contribution >= 0.6 is 0 Å². The minimum atomic E-state index is 0.0702. The molecule has 1 aliphatic heterocycles. The summed E-state index contributed by atoms with van der Waals surface area (Å²) in [7, 11) is 0. The van der Waals surface area contributed by atoms with E-state index in [-0.39, 0.29) is 18.0 Å². The lowest BCUT2D eigenvalue weighted by Crippen LogP contribution is -2.49. The zero-order chi connectivity index (χ0) is 15.0. The van der Waals surface area contributed by atoms with Gasteiger partial charge in [0.25, 0.3) is 0 Å². The Kier molecular flexibility index (Phi) is 3.48. The average Bonchev–Trinajstić information content (AvgIpc) is 2.87. The van der Waals surface area contributed by atoms with Crippen LogP contribution in [0.1, 0.15) is 45.4 Å². The van der Waals surface area contributed by atoms with Gasteiger partial charge in [-0.3, -0.25) is 9.20 Å². The Labute approximate surface area is 123 Å². The van der Waals surface area contributed by atoms with Crippen molar-refractivity contribution in [2.75, 3.05) is 5.32 Å². The highest BCUT2D eigenvalue weighted by atomic mass is 16.1. The van der Waals surface area contributed by atoms with Crippen LogP contribution in [0.25, 0.3) is 5.65 Å². The van der Waals surface area contributed by atoms with Gasteiger partial charge in [-0.2, -0.15) is 0 Å². The Hall–Kier alpha value is -2.18. The number of rotatable bonds is 3. The highest BCUT2D eigenvalue weighted by Gasteiger charge is 2.26. The van der Waals surface area contributed by atoms with Crippen LogP contribution in [0.2, 0.25) is 0 Å². The van der Waals surface area contributed by atoms with Crippen LogP contribution in [0.15, 0.2) is 12.4 Å². The smallest absolute Gasteiger partial charge is 0.220 e. The van der Waals surface area contributed by atoms with Crippen LogP contribution < -0.4 is 10.6 Å². The van der Waals surface area contributed by atoms with Crippen molar-refractivity contribution in [3.63, 3.8) is 0 Å². The van der Waals surface area contributed by atoms with Gasteiger partial charge in [0.15, 0.2) is 5.82 Å². The number of hydrogen-bond acceptors (Lipinski definition) is 5. The van der Waals surface area contributed by atoms with Crippen molar-refractivity contribution in [2.45, 2.75) is 51.6 Å². The van der Waals surface area contributed by atoms with E-state index in [1.807, 2.05) is 17.5 Å². The number of anilines is 1. The summed E-state index contributed by atoms with van der Waals surface area (Å²) in [6, 6.07) is 0.224. The minimum absolute atomic E-state index is 0.0702. The lowest BCUT2D eigenvalue weighted by atomic mass is 9.99. The number of carbonyl (C=O) groups excluding carboxylic acids is 1. The molecule has 0 aromatic carbocycles. The Morgan fingerprint density at radius 1 is 1.43 bits per heavy atom. The quantitative estimate of drug-likeness (QED) is 0.890. The number of fused-ring (bicyclic) bond motifs is 1. The molecule has 3 heterocycles. The molecular formula is C14H20N6O. The van der Waals surface area contributed by atoms with Crippen molar-refractivity contribution in [3.05, 3.63) is 18.2 Å². The fourth-order valence-electron chi connectivity index (χ4n) is 2.68. The molecule has 2 aromatic rings. The first-order valence-electron chi connectivity index (χ1n) is 7.32. The molecule has 0 aliphatic carbocycles. The van der Waals surface area contributed by atoms with Gasteiger partial charge in [-0.25, -0.2) is 4.98 Å². The Morgan fingerprint density at radius 3 is 2.95 bits per heavy atom. The van der Waals surface area contributed by atoms with Crippen molar-refractivity contribution in [1.82, 2.24) is 24.9 Å². The van der Waals surface area contributed by atoms with E-state index in [0.29, 0.717) is 18.2 Å². The molecule has 0 saturated carbocycles. The Bertz CT molecular complexity index is 665. The lowest BCUT2D eigenvalue weighted by Gasteiger charge is -2.30. The highest BCUT2D eigenvalue weighted by Crippen LogP contribution is 2.20. The molecule has 1 aliphatic rings. The van der Waals surface area contributed by atoms with Crippen LogP contribution in [0, 0.1) is 0 Å². The first kappa shape index (κ1) is 13.8. The molecule has 2 N–H and O–H groups in total. The van der Waals surface area contributed by atoms with Crippen LogP contribution in [0.5, 0.6) is 0 Å². The van der Waals surface area contributed by atoms with Gasteiger partial charge in [0.05, 0.1) is 0 Å². The molecule has 0 radical (unpaired) electrons. The first-order chi connectivity index (χ1) is 10.1. The van der Waals surface area contributed by atoms with Crippen LogP contribution in [0.3, 0.4) is 0 Å². The number of hydrogen-bond donors (Lipinski definition) is 2. The topological polar surface area (TPSA) is 84.2 Å². The lowest BCUT2D eigenvalue weighted by molar-refractivity contribution is -0.123. The third-order valence-corrected chi connectivity index (χ3v) is 3.87. The van der Waals surface area contributed by atoms with E-state index < -0.39 is 0 Å². The van der Waals surface area contributed by atoms with E-state index in [1.165, 1.54) is 0 Å². The third kappa shape index (κ3) is 2.55. The number of aromatic nitrogens is 4. The van der Waals surface area contributed by atoms with E-state index in [9.17, 15) is 4.79 Å². The highest BCUT2D eigenvalue weighted by molar-refractivity contribution is 5.77. The van der Waals surface area contributed by atoms with Gasteiger partial charge in [-0.05, 0) is 13.3 Å². The minimum Gasteiger partial charge on any atom is -0.362 e. The summed E-state index contributed by atoms with van der Waals surface area (Å²) < 4.78 is 1.96. The van der Waals surface area contributed by atoms with E-state index in [4.69, 9.17) is 0 Å². The standard InChI is InChI=1S/C14H20N6O/c1-8(2)13-18-19-14-12(15-6-7-20(13)14)17-10-4-5-11(21)16-9(10)3/h6-10H,4-5H2,1-3H3,(H,15,17)(H,16,21). The molecule has 1 saturated heterocycles. The normalized spacial score (nSPS) is 22.6. The van der Waals surface area contributed by atoms with Gasteiger partial charge in [-0.15, -0.1) is 10.2 Å². The molecule has 2 unspecified atom stereocenters. The SMILES string of the molecule is CC(C)c1nnc2c(NC3CCC(=O)NC3C)nccn12. The maximum atomic E-state index is 11.4. The van der Waals surface area contributed by atoms with Crippen molar-refractivity contribution < 1.29 is 4.79 Å². The fourth-order valence-corrected chi connectivity index (χ4v) is 2.68. The second kappa shape index (κ2) is 5.31. The predicted octanol–water partition coefficient (Wildman–Crippen LogP) is 1.33. The molecule has 1 amide bonds. The van der Waals surface area contributed by atoms with Gasteiger partial charge < -0.3 is 10.6 Å². The summed E-state index contributed by atoms with van der Waals surface area (Å²) in [5.41, 5.74) is 0.727. The largest absolute Gasteiger partial charge is 0.362 e. The maximum absolute atomic E-state index is 11.4. The van der Waals surface area contributed by atoms with Gasteiger partial charge in [0.2, 0.25) is 11.6 Å². The van der Waals surface area contributed by atoms with Crippen molar-refractivity contribution in [1.29, 1.82) is 0 Å². The molecule has 1 fully saturated rings. The number of nitrogens with zero attached hydrogens (tertiary/aromatic N) is 4. The number of nitrogens with one attached hydrogen (secondary N) is 2. The van der Waals surface area contributed by atoms with Crippen LogP contribution in [-0.2, 0) is 4.79 Å². The van der Waals surface area contributed by atoms with E-state index in [1.54, 1.807) is 6.20 Å². The van der Waals surface area contributed by atoms with Gasteiger partial charge in [-0.1, -0.05) is 13.8 Å². The van der Waals surface area contributed by atoms with Gasteiger partial charge in [0, 0.05) is 36.8 Å². The van der Waals surface area contributed by atoms with Crippen LogP contribution in [-0.4, -0.2) is 37.6 Å². The molecule has 7 nitrogen and oxygen atoms in total. The molecule has 3 rings (SSSR count). The maximum Gasteiger partial charge on any atom is 0.220 e. The van der Waals surface area contributed by atoms with E-state index >= 15 is 0 Å². The average molecular weight is 288 g/mol. The second-order valence-electron chi connectivity index (χ2n) is 5.83. The molecule has 2 aromatic heterocycles. The van der Waals surface area contributed by atoms with Gasteiger partial charge in [0.1, 0.15) is 5.82 Å².